The van der Waals surface area contributed by atoms with Gasteiger partial charge in [-0.05, 0) is 30.3 Å². The van der Waals surface area contributed by atoms with E-state index in [0.717, 1.165) is 0 Å². The number of hydrogen-bond donors (Lipinski definition) is 1. The quantitative estimate of drug-likeness (QED) is 0.850. The highest BCUT2D eigenvalue weighted by molar-refractivity contribution is 6.74. The summed E-state index contributed by atoms with van der Waals surface area (Å²) in [6.07, 6.45) is 1.51. The Labute approximate surface area is 109 Å². The minimum Gasteiger partial charge on any atom is -0.478 e. The average Bonchev–Trinajstić information content (AvgIpc) is 2.25. The van der Waals surface area contributed by atoms with Crippen molar-refractivity contribution < 1.29 is 14.3 Å². The van der Waals surface area contributed by atoms with Crippen LogP contribution in [0.4, 0.5) is 0 Å². The second kappa shape index (κ2) is 5.20. The third-order valence-corrected chi connectivity index (χ3v) is 7.93. The lowest BCUT2D eigenvalue weighted by atomic mass is 10.2. The summed E-state index contributed by atoms with van der Waals surface area (Å²) in [5.74, 6) is -0.939. The van der Waals surface area contributed by atoms with Crippen LogP contribution < -0.4 is 0 Å². The van der Waals surface area contributed by atoms with Crippen LogP contribution >= 0.6 is 0 Å². The Balaban J connectivity index is 2.75. The fourth-order valence-corrected chi connectivity index (χ4v) is 2.10. The van der Waals surface area contributed by atoms with Crippen molar-refractivity contribution in [3.8, 4) is 0 Å². The molecule has 0 unspecified atom stereocenters. The molecule has 4 nitrogen and oxygen atoms in total. The summed E-state index contributed by atoms with van der Waals surface area (Å²) in [5, 5.41) is 9.04. The summed E-state index contributed by atoms with van der Waals surface area (Å²) in [7, 11) is -1.82. The largest absolute Gasteiger partial charge is 0.478 e. The van der Waals surface area contributed by atoms with E-state index in [-0.39, 0.29) is 10.6 Å². The summed E-state index contributed by atoms with van der Waals surface area (Å²) in [6, 6.07) is 3.05. The summed E-state index contributed by atoms with van der Waals surface area (Å²) >= 11 is 0. The van der Waals surface area contributed by atoms with E-state index >= 15 is 0 Å². The molecular formula is C13H21NO3Si. The number of aromatic carboxylic acids is 1. The first-order valence-electron chi connectivity index (χ1n) is 5.96. The molecule has 1 rings (SSSR count). The number of aromatic nitrogens is 1. The molecule has 5 heteroatoms. The third-order valence-electron chi connectivity index (χ3n) is 3.45. The zero-order chi connectivity index (χ0) is 14.0. The van der Waals surface area contributed by atoms with Crippen LogP contribution in [0.15, 0.2) is 18.3 Å². The minimum absolute atomic E-state index is 0.136. The molecule has 18 heavy (non-hydrogen) atoms. The highest BCUT2D eigenvalue weighted by Crippen LogP contribution is 2.36. The molecular weight excluding hydrogens is 246 g/mol. The van der Waals surface area contributed by atoms with Gasteiger partial charge in [0.2, 0.25) is 0 Å². The second-order valence-corrected chi connectivity index (χ2v) is 10.7. The highest BCUT2D eigenvalue weighted by atomic mass is 28.4. The lowest BCUT2D eigenvalue weighted by Crippen LogP contribution is -2.40. The van der Waals surface area contributed by atoms with E-state index in [1.165, 1.54) is 12.3 Å². The number of carboxylic acid groups (broad SMARTS) is 1. The van der Waals surface area contributed by atoms with Gasteiger partial charge in [0, 0.05) is 6.20 Å². The average molecular weight is 267 g/mol. The zero-order valence-electron chi connectivity index (χ0n) is 11.7. The van der Waals surface area contributed by atoms with E-state index in [9.17, 15) is 4.79 Å². The van der Waals surface area contributed by atoms with Gasteiger partial charge in [-0.15, -0.1) is 0 Å². The van der Waals surface area contributed by atoms with Crippen molar-refractivity contribution in [3.05, 3.63) is 29.6 Å². The number of rotatable bonds is 4. The van der Waals surface area contributed by atoms with Crippen LogP contribution in [-0.2, 0) is 11.0 Å². The maximum atomic E-state index is 10.9. The lowest BCUT2D eigenvalue weighted by Gasteiger charge is -2.36. The van der Waals surface area contributed by atoms with Crippen molar-refractivity contribution in [1.29, 1.82) is 0 Å². The van der Waals surface area contributed by atoms with Crippen molar-refractivity contribution in [1.82, 2.24) is 4.98 Å². The third kappa shape index (κ3) is 3.65. The fraction of sp³-hybridized carbons (Fsp3) is 0.538. The predicted molar refractivity (Wildman–Crippen MR) is 73.2 cm³/mol. The molecule has 0 fully saturated rings. The highest BCUT2D eigenvalue weighted by Gasteiger charge is 2.37. The van der Waals surface area contributed by atoms with Crippen LogP contribution in [0, 0.1) is 0 Å². The van der Waals surface area contributed by atoms with Crippen LogP contribution in [0.25, 0.3) is 0 Å². The van der Waals surface area contributed by atoms with Crippen molar-refractivity contribution in [3.63, 3.8) is 0 Å². The molecule has 0 saturated carbocycles. The first-order valence-corrected chi connectivity index (χ1v) is 8.86. The van der Waals surface area contributed by atoms with Crippen molar-refractivity contribution in [2.45, 2.75) is 45.5 Å². The summed E-state index contributed by atoms with van der Waals surface area (Å²) in [5.41, 5.74) is 0.915. The van der Waals surface area contributed by atoms with E-state index in [4.69, 9.17) is 9.53 Å². The van der Waals surface area contributed by atoms with Gasteiger partial charge in [-0.1, -0.05) is 20.8 Å². The van der Waals surface area contributed by atoms with Gasteiger partial charge in [-0.25, -0.2) is 4.79 Å². The fourth-order valence-electron chi connectivity index (χ4n) is 1.16. The van der Waals surface area contributed by atoms with Crippen LogP contribution in [0.3, 0.4) is 0 Å². The van der Waals surface area contributed by atoms with Gasteiger partial charge in [-0.2, -0.15) is 0 Å². The maximum Gasteiger partial charge on any atom is 0.335 e. The van der Waals surface area contributed by atoms with E-state index in [1.807, 2.05) is 0 Å². The van der Waals surface area contributed by atoms with Gasteiger partial charge in [0.1, 0.15) is 0 Å². The first kappa shape index (κ1) is 14.9. The molecule has 1 aromatic heterocycles. The van der Waals surface area contributed by atoms with Gasteiger partial charge < -0.3 is 9.53 Å². The number of nitrogens with zero attached hydrogens (tertiary/aromatic N) is 1. The smallest absolute Gasteiger partial charge is 0.335 e. The zero-order valence-corrected chi connectivity index (χ0v) is 12.7. The number of hydrogen-bond acceptors (Lipinski definition) is 3. The molecule has 0 aliphatic rings. The molecule has 0 saturated heterocycles. The number of carbonyl (C=O) groups is 1. The number of pyridine rings is 1. The molecule has 0 aliphatic heterocycles. The molecule has 0 bridgehead atoms. The molecule has 0 aliphatic carbocycles. The van der Waals surface area contributed by atoms with Crippen LogP contribution in [0.1, 0.15) is 36.8 Å². The Bertz CT molecular complexity index is 438. The van der Waals surface area contributed by atoms with Crippen LogP contribution in [-0.4, -0.2) is 24.4 Å². The predicted octanol–water partition coefficient (Wildman–Crippen LogP) is 3.30. The SMILES string of the molecule is CC(C)(C)[Si](C)(C)OCc1cc(C(=O)O)ccn1. The Morgan fingerprint density at radius 2 is 2.06 bits per heavy atom. The molecule has 0 atom stereocenters. The molecule has 100 valence electrons. The molecule has 0 amide bonds. The van der Waals surface area contributed by atoms with Crippen LogP contribution in [0.5, 0.6) is 0 Å². The summed E-state index contributed by atoms with van der Waals surface area (Å²) in [6.45, 7) is 11.2. The Kier molecular flexibility index (Phi) is 4.29. The maximum absolute atomic E-state index is 10.9. The van der Waals surface area contributed by atoms with E-state index in [0.29, 0.717) is 12.3 Å². The molecule has 0 aromatic carbocycles. The van der Waals surface area contributed by atoms with Gasteiger partial charge in [0.25, 0.3) is 0 Å². The Morgan fingerprint density at radius 1 is 1.44 bits per heavy atom. The number of carboxylic acids is 1. The monoisotopic (exact) mass is 267 g/mol. The second-order valence-electron chi connectivity index (χ2n) is 5.89. The van der Waals surface area contributed by atoms with Gasteiger partial charge in [0.15, 0.2) is 8.32 Å². The van der Waals surface area contributed by atoms with Gasteiger partial charge in [-0.3, -0.25) is 4.98 Å². The molecule has 1 N–H and O–H groups in total. The van der Waals surface area contributed by atoms with Crippen molar-refractivity contribution >= 4 is 14.3 Å². The van der Waals surface area contributed by atoms with Gasteiger partial charge in [0.05, 0.1) is 17.9 Å². The Morgan fingerprint density at radius 3 is 2.56 bits per heavy atom. The van der Waals surface area contributed by atoms with Crippen molar-refractivity contribution in [2.24, 2.45) is 0 Å². The normalized spacial score (nSPS) is 12.5. The van der Waals surface area contributed by atoms with E-state index in [1.54, 1.807) is 6.07 Å². The molecule has 0 radical (unpaired) electrons. The summed E-state index contributed by atoms with van der Waals surface area (Å²) in [4.78, 5) is 15.0. The lowest BCUT2D eigenvalue weighted by molar-refractivity contribution is 0.0696. The topological polar surface area (TPSA) is 59.4 Å². The van der Waals surface area contributed by atoms with Crippen LogP contribution in [0.2, 0.25) is 18.1 Å². The Hall–Kier alpha value is -1.20. The van der Waals surface area contributed by atoms with E-state index in [2.05, 4.69) is 38.8 Å². The molecule has 1 aromatic rings. The minimum atomic E-state index is -1.82. The van der Waals surface area contributed by atoms with E-state index < -0.39 is 14.3 Å². The standard InChI is InChI=1S/C13H21NO3Si/c1-13(2,3)18(4,5)17-9-11-8-10(12(15)16)6-7-14-11/h6-8H,9H2,1-5H3,(H,15,16). The molecule has 1 heterocycles. The summed E-state index contributed by atoms with van der Waals surface area (Å²) < 4.78 is 6.00. The first-order chi connectivity index (χ1) is 8.13. The van der Waals surface area contributed by atoms with Crippen molar-refractivity contribution in [2.75, 3.05) is 0 Å². The molecule has 0 spiro atoms. The van der Waals surface area contributed by atoms with Gasteiger partial charge >= 0.3 is 5.97 Å².